The first-order chi connectivity index (χ1) is 7.49. The summed E-state index contributed by atoms with van der Waals surface area (Å²) in [6.07, 6.45) is 0.242. The first kappa shape index (κ1) is 12.0. The summed E-state index contributed by atoms with van der Waals surface area (Å²) < 4.78 is 0. The Morgan fingerprint density at radius 3 is 2.31 bits per heavy atom. The SMILES string of the molecule is NC(=O)Nc1ccc(CC(N)C(=O)O)cc1. The van der Waals surface area contributed by atoms with E-state index < -0.39 is 18.0 Å². The molecule has 16 heavy (non-hydrogen) atoms. The Morgan fingerprint density at radius 2 is 1.88 bits per heavy atom. The summed E-state index contributed by atoms with van der Waals surface area (Å²) in [5.41, 5.74) is 11.7. The maximum atomic E-state index is 10.5. The molecular formula is C10H13N3O3. The lowest BCUT2D eigenvalue weighted by Gasteiger charge is -2.07. The first-order valence-corrected chi connectivity index (χ1v) is 4.63. The number of nitrogens with two attached hydrogens (primary N) is 2. The summed E-state index contributed by atoms with van der Waals surface area (Å²) >= 11 is 0. The fraction of sp³-hybridized carbons (Fsp3) is 0.200. The van der Waals surface area contributed by atoms with Crippen molar-refractivity contribution in [3.63, 3.8) is 0 Å². The van der Waals surface area contributed by atoms with Gasteiger partial charge in [-0.05, 0) is 24.1 Å². The number of amides is 2. The van der Waals surface area contributed by atoms with E-state index in [0.29, 0.717) is 5.69 Å². The van der Waals surface area contributed by atoms with Crippen LogP contribution in [0.25, 0.3) is 0 Å². The Bertz CT molecular complexity index is 389. The van der Waals surface area contributed by atoms with Crippen molar-refractivity contribution in [2.24, 2.45) is 11.5 Å². The lowest BCUT2D eigenvalue weighted by molar-refractivity contribution is -0.138. The molecule has 1 unspecified atom stereocenters. The third-order valence-electron chi connectivity index (χ3n) is 1.99. The topological polar surface area (TPSA) is 118 Å². The highest BCUT2D eigenvalue weighted by molar-refractivity contribution is 5.87. The molecule has 0 fully saturated rings. The van der Waals surface area contributed by atoms with Gasteiger partial charge in [0.25, 0.3) is 0 Å². The zero-order chi connectivity index (χ0) is 12.1. The molecule has 0 saturated carbocycles. The van der Waals surface area contributed by atoms with Crippen LogP contribution in [-0.4, -0.2) is 23.1 Å². The van der Waals surface area contributed by atoms with Gasteiger partial charge in [0.15, 0.2) is 0 Å². The molecule has 6 heteroatoms. The van der Waals surface area contributed by atoms with Crippen molar-refractivity contribution in [1.82, 2.24) is 0 Å². The number of anilines is 1. The van der Waals surface area contributed by atoms with Crippen LogP contribution in [0.2, 0.25) is 0 Å². The minimum absolute atomic E-state index is 0.242. The van der Waals surface area contributed by atoms with Gasteiger partial charge < -0.3 is 21.9 Å². The van der Waals surface area contributed by atoms with E-state index in [-0.39, 0.29) is 6.42 Å². The van der Waals surface area contributed by atoms with Crippen LogP contribution in [0.1, 0.15) is 5.56 Å². The molecule has 0 radical (unpaired) electrons. The van der Waals surface area contributed by atoms with Crippen LogP contribution in [0, 0.1) is 0 Å². The van der Waals surface area contributed by atoms with Gasteiger partial charge >= 0.3 is 12.0 Å². The summed E-state index contributed by atoms with van der Waals surface area (Å²) in [7, 11) is 0. The number of carbonyl (C=O) groups is 2. The number of primary amides is 1. The van der Waals surface area contributed by atoms with E-state index in [2.05, 4.69) is 5.32 Å². The van der Waals surface area contributed by atoms with Crippen LogP contribution in [0.4, 0.5) is 10.5 Å². The molecule has 1 aromatic rings. The Labute approximate surface area is 92.2 Å². The van der Waals surface area contributed by atoms with Crippen LogP contribution in [0.3, 0.4) is 0 Å². The predicted octanol–water partition coefficient (Wildman–Crippen LogP) is 0.132. The van der Waals surface area contributed by atoms with E-state index in [0.717, 1.165) is 5.56 Å². The van der Waals surface area contributed by atoms with Gasteiger partial charge in [-0.25, -0.2) is 4.79 Å². The number of hydrogen-bond acceptors (Lipinski definition) is 3. The molecule has 0 spiro atoms. The van der Waals surface area contributed by atoms with E-state index >= 15 is 0 Å². The van der Waals surface area contributed by atoms with Gasteiger partial charge in [0.1, 0.15) is 6.04 Å². The lowest BCUT2D eigenvalue weighted by atomic mass is 10.1. The molecule has 6 N–H and O–H groups in total. The van der Waals surface area contributed by atoms with Gasteiger partial charge in [-0.3, -0.25) is 4.79 Å². The van der Waals surface area contributed by atoms with Crippen LogP contribution < -0.4 is 16.8 Å². The third kappa shape index (κ3) is 3.58. The number of benzene rings is 1. The van der Waals surface area contributed by atoms with Crippen LogP contribution in [0.5, 0.6) is 0 Å². The van der Waals surface area contributed by atoms with Crippen molar-refractivity contribution in [1.29, 1.82) is 0 Å². The quantitative estimate of drug-likeness (QED) is 0.580. The number of carboxylic acid groups (broad SMARTS) is 1. The lowest BCUT2D eigenvalue weighted by Crippen LogP contribution is -2.32. The van der Waals surface area contributed by atoms with Crippen molar-refractivity contribution in [2.45, 2.75) is 12.5 Å². The molecular weight excluding hydrogens is 210 g/mol. The van der Waals surface area contributed by atoms with Gasteiger partial charge in [-0.2, -0.15) is 0 Å². The normalized spacial score (nSPS) is 11.8. The Kier molecular flexibility index (Phi) is 3.84. The molecule has 0 aliphatic carbocycles. The highest BCUT2D eigenvalue weighted by Crippen LogP contribution is 2.10. The van der Waals surface area contributed by atoms with Crippen molar-refractivity contribution in [3.05, 3.63) is 29.8 Å². The minimum atomic E-state index is -1.04. The largest absolute Gasteiger partial charge is 0.480 e. The first-order valence-electron chi connectivity index (χ1n) is 4.63. The number of urea groups is 1. The molecule has 0 bridgehead atoms. The number of nitrogens with one attached hydrogen (secondary N) is 1. The van der Waals surface area contributed by atoms with Gasteiger partial charge in [-0.15, -0.1) is 0 Å². The zero-order valence-electron chi connectivity index (χ0n) is 8.51. The smallest absolute Gasteiger partial charge is 0.320 e. The monoisotopic (exact) mass is 223 g/mol. The molecule has 0 saturated heterocycles. The molecule has 1 rings (SSSR count). The van der Waals surface area contributed by atoms with E-state index in [1.54, 1.807) is 24.3 Å². The Morgan fingerprint density at radius 1 is 1.31 bits per heavy atom. The van der Waals surface area contributed by atoms with Gasteiger partial charge in [0.05, 0.1) is 0 Å². The van der Waals surface area contributed by atoms with Crippen LogP contribution in [0.15, 0.2) is 24.3 Å². The highest BCUT2D eigenvalue weighted by atomic mass is 16.4. The summed E-state index contributed by atoms with van der Waals surface area (Å²) in [6, 6.07) is 5.08. The standard InChI is InChI=1S/C10H13N3O3/c11-8(9(14)15)5-6-1-3-7(4-2-6)13-10(12)16/h1-4,8H,5,11H2,(H,14,15)(H3,12,13,16). The summed E-state index contributed by atoms with van der Waals surface area (Å²) in [5.74, 6) is -1.04. The summed E-state index contributed by atoms with van der Waals surface area (Å²) in [5, 5.41) is 11.0. The second-order valence-electron chi connectivity index (χ2n) is 3.34. The molecule has 86 valence electrons. The van der Waals surface area contributed by atoms with E-state index in [4.69, 9.17) is 16.6 Å². The molecule has 1 atom stereocenters. The predicted molar refractivity (Wildman–Crippen MR) is 59.0 cm³/mol. The summed E-state index contributed by atoms with van der Waals surface area (Å²) in [6.45, 7) is 0. The number of hydrogen-bond donors (Lipinski definition) is 4. The number of rotatable bonds is 4. The fourth-order valence-electron chi connectivity index (χ4n) is 1.21. The summed E-state index contributed by atoms with van der Waals surface area (Å²) in [4.78, 5) is 21.1. The van der Waals surface area contributed by atoms with E-state index in [1.165, 1.54) is 0 Å². The number of aliphatic carboxylic acids is 1. The average Bonchev–Trinajstić information content (AvgIpc) is 2.20. The fourth-order valence-corrected chi connectivity index (χ4v) is 1.21. The maximum Gasteiger partial charge on any atom is 0.320 e. The molecule has 0 heterocycles. The van der Waals surface area contributed by atoms with Crippen molar-refractivity contribution in [2.75, 3.05) is 5.32 Å². The highest BCUT2D eigenvalue weighted by Gasteiger charge is 2.11. The van der Waals surface area contributed by atoms with Gasteiger partial charge in [0, 0.05) is 5.69 Å². The van der Waals surface area contributed by atoms with E-state index in [1.807, 2.05) is 0 Å². The van der Waals surface area contributed by atoms with Crippen molar-refractivity contribution < 1.29 is 14.7 Å². The molecule has 6 nitrogen and oxygen atoms in total. The second-order valence-corrected chi connectivity index (χ2v) is 3.34. The molecule has 0 aliphatic rings. The third-order valence-corrected chi connectivity index (χ3v) is 1.99. The second kappa shape index (κ2) is 5.13. The molecule has 0 aromatic heterocycles. The van der Waals surface area contributed by atoms with Crippen LogP contribution >= 0.6 is 0 Å². The average molecular weight is 223 g/mol. The molecule has 2 amide bonds. The van der Waals surface area contributed by atoms with Gasteiger partial charge in [0.2, 0.25) is 0 Å². The van der Waals surface area contributed by atoms with Crippen molar-refractivity contribution in [3.8, 4) is 0 Å². The van der Waals surface area contributed by atoms with Gasteiger partial charge in [-0.1, -0.05) is 12.1 Å². The maximum absolute atomic E-state index is 10.5. The Balaban J connectivity index is 2.64. The molecule has 1 aromatic carbocycles. The number of carboxylic acids is 1. The minimum Gasteiger partial charge on any atom is -0.480 e. The van der Waals surface area contributed by atoms with Crippen LogP contribution in [-0.2, 0) is 11.2 Å². The zero-order valence-corrected chi connectivity index (χ0v) is 8.51. The number of carbonyl (C=O) groups excluding carboxylic acids is 1. The van der Waals surface area contributed by atoms with E-state index in [9.17, 15) is 9.59 Å². The molecule has 0 aliphatic heterocycles. The Hall–Kier alpha value is -2.08. The van der Waals surface area contributed by atoms with Crippen molar-refractivity contribution >= 4 is 17.7 Å².